The van der Waals surface area contributed by atoms with E-state index in [0.717, 1.165) is 6.42 Å². The van der Waals surface area contributed by atoms with Gasteiger partial charge in [0.1, 0.15) is 0 Å². The van der Waals surface area contributed by atoms with Gasteiger partial charge in [0.2, 0.25) is 11.8 Å². The maximum absolute atomic E-state index is 11.7. The van der Waals surface area contributed by atoms with Gasteiger partial charge in [-0.15, -0.1) is 0 Å². The lowest BCUT2D eigenvalue weighted by Crippen LogP contribution is -2.24. The number of hydrogen-bond donors (Lipinski definition) is 2. The Morgan fingerprint density at radius 2 is 2.26 bits per heavy atom. The molecule has 2 amide bonds. The van der Waals surface area contributed by atoms with Gasteiger partial charge in [0.05, 0.1) is 10.7 Å². The van der Waals surface area contributed by atoms with E-state index in [-0.39, 0.29) is 18.2 Å². The van der Waals surface area contributed by atoms with Crippen LogP contribution in [0.4, 0.5) is 11.4 Å². The molecule has 3 N–H and O–H groups in total. The molecule has 0 saturated carbocycles. The topological polar surface area (TPSA) is 75.4 Å². The Kier molecular flexibility index (Phi) is 4.39. The van der Waals surface area contributed by atoms with Gasteiger partial charge in [-0.2, -0.15) is 0 Å². The molecule has 0 aromatic heterocycles. The molecule has 0 spiro atoms. The molecule has 1 aromatic carbocycles. The van der Waals surface area contributed by atoms with Gasteiger partial charge in [-0.05, 0) is 24.6 Å². The van der Waals surface area contributed by atoms with Crippen molar-refractivity contribution in [2.45, 2.75) is 19.3 Å². The number of carbonyl (C=O) groups excluding carboxylic acids is 2. The van der Waals surface area contributed by atoms with Crippen molar-refractivity contribution in [3.05, 3.63) is 23.2 Å². The van der Waals surface area contributed by atoms with Crippen LogP contribution < -0.4 is 16.0 Å². The highest BCUT2D eigenvalue weighted by Crippen LogP contribution is 2.31. The minimum Gasteiger partial charge on any atom is -0.330 e. The van der Waals surface area contributed by atoms with Crippen LogP contribution in [0.1, 0.15) is 19.3 Å². The van der Waals surface area contributed by atoms with Gasteiger partial charge < -0.3 is 16.0 Å². The van der Waals surface area contributed by atoms with Gasteiger partial charge in [-0.25, -0.2) is 0 Å². The first-order chi connectivity index (χ1) is 9.11. The summed E-state index contributed by atoms with van der Waals surface area (Å²) in [5.74, 6) is -0.0645. The number of benzene rings is 1. The van der Waals surface area contributed by atoms with Crippen LogP contribution in [0.15, 0.2) is 18.2 Å². The van der Waals surface area contributed by atoms with E-state index >= 15 is 0 Å². The minimum absolute atomic E-state index is 0.0850. The summed E-state index contributed by atoms with van der Waals surface area (Å²) in [5, 5.41) is 3.16. The fourth-order valence-electron chi connectivity index (χ4n) is 2.06. The van der Waals surface area contributed by atoms with Gasteiger partial charge >= 0.3 is 0 Å². The largest absolute Gasteiger partial charge is 0.330 e. The van der Waals surface area contributed by atoms with Crippen molar-refractivity contribution in [2.75, 3.05) is 23.3 Å². The molecule has 1 aliphatic rings. The van der Waals surface area contributed by atoms with Crippen molar-refractivity contribution in [2.24, 2.45) is 5.73 Å². The fourth-order valence-corrected chi connectivity index (χ4v) is 2.34. The smallest absolute Gasteiger partial charge is 0.227 e. The second-order valence-corrected chi connectivity index (χ2v) is 4.81. The SMILES string of the molecule is NCCC(=O)Nc1ccc(N2CCCC2=O)c(Cl)c1. The highest BCUT2D eigenvalue weighted by Gasteiger charge is 2.23. The van der Waals surface area contributed by atoms with Crippen LogP contribution >= 0.6 is 11.6 Å². The molecule has 6 heteroatoms. The molecule has 102 valence electrons. The van der Waals surface area contributed by atoms with E-state index in [1.165, 1.54) is 0 Å². The summed E-state index contributed by atoms with van der Waals surface area (Å²) < 4.78 is 0. The Bertz CT molecular complexity index is 505. The Labute approximate surface area is 116 Å². The first-order valence-corrected chi connectivity index (χ1v) is 6.59. The molecule has 0 unspecified atom stereocenters. The summed E-state index contributed by atoms with van der Waals surface area (Å²) in [6.07, 6.45) is 1.68. The lowest BCUT2D eigenvalue weighted by atomic mass is 10.2. The van der Waals surface area contributed by atoms with E-state index in [2.05, 4.69) is 5.32 Å². The second-order valence-electron chi connectivity index (χ2n) is 4.40. The molecule has 0 radical (unpaired) electrons. The van der Waals surface area contributed by atoms with Crippen LogP contribution in [-0.4, -0.2) is 24.9 Å². The van der Waals surface area contributed by atoms with Gasteiger partial charge in [-0.1, -0.05) is 11.6 Å². The normalized spacial score (nSPS) is 14.8. The lowest BCUT2D eigenvalue weighted by Gasteiger charge is -2.18. The number of anilines is 2. The zero-order valence-electron chi connectivity index (χ0n) is 10.5. The molecule has 1 heterocycles. The third-order valence-corrected chi connectivity index (χ3v) is 3.27. The van der Waals surface area contributed by atoms with Crippen molar-refractivity contribution < 1.29 is 9.59 Å². The van der Waals surface area contributed by atoms with Crippen LogP contribution in [-0.2, 0) is 9.59 Å². The summed E-state index contributed by atoms with van der Waals surface area (Å²) in [6, 6.07) is 5.14. The third kappa shape index (κ3) is 3.24. The average Bonchev–Trinajstić information content (AvgIpc) is 2.76. The molecule has 19 heavy (non-hydrogen) atoms. The highest BCUT2D eigenvalue weighted by molar-refractivity contribution is 6.34. The van der Waals surface area contributed by atoms with Crippen LogP contribution in [0.2, 0.25) is 5.02 Å². The standard InChI is InChI=1S/C13H16ClN3O2/c14-10-8-9(16-12(18)5-6-15)3-4-11(10)17-7-1-2-13(17)19/h3-4,8H,1-2,5-7,15H2,(H,16,18). The third-order valence-electron chi connectivity index (χ3n) is 2.97. The first kappa shape index (κ1) is 13.8. The van der Waals surface area contributed by atoms with Gasteiger partial charge in [0.25, 0.3) is 0 Å². The van der Waals surface area contributed by atoms with Crippen LogP contribution in [0.3, 0.4) is 0 Å². The number of amides is 2. The molecular formula is C13H16ClN3O2. The van der Waals surface area contributed by atoms with Crippen LogP contribution in [0.25, 0.3) is 0 Å². The Morgan fingerprint density at radius 1 is 1.47 bits per heavy atom. The lowest BCUT2D eigenvalue weighted by molar-refractivity contribution is -0.117. The van der Waals surface area contributed by atoms with Crippen molar-refractivity contribution >= 4 is 34.8 Å². The van der Waals surface area contributed by atoms with Crippen LogP contribution in [0.5, 0.6) is 0 Å². The van der Waals surface area contributed by atoms with Gasteiger partial charge in [-0.3, -0.25) is 9.59 Å². The Morgan fingerprint density at radius 3 is 2.84 bits per heavy atom. The number of nitrogens with one attached hydrogen (secondary N) is 1. The molecule has 0 aliphatic carbocycles. The number of nitrogens with zero attached hydrogens (tertiary/aromatic N) is 1. The van der Waals surface area contributed by atoms with Crippen molar-refractivity contribution in [3.63, 3.8) is 0 Å². The monoisotopic (exact) mass is 281 g/mol. The first-order valence-electron chi connectivity index (χ1n) is 6.21. The summed E-state index contributed by atoms with van der Waals surface area (Å²) in [7, 11) is 0. The molecule has 2 rings (SSSR count). The Balaban J connectivity index is 2.13. The Hall–Kier alpha value is -1.59. The molecule has 0 bridgehead atoms. The van der Waals surface area contributed by atoms with Crippen molar-refractivity contribution in [3.8, 4) is 0 Å². The zero-order chi connectivity index (χ0) is 13.8. The maximum Gasteiger partial charge on any atom is 0.227 e. The number of carbonyl (C=O) groups is 2. The summed E-state index contributed by atoms with van der Waals surface area (Å²) in [6.45, 7) is 0.997. The summed E-state index contributed by atoms with van der Waals surface area (Å²) in [5.41, 5.74) is 6.61. The molecule has 1 aliphatic heterocycles. The average molecular weight is 282 g/mol. The van der Waals surface area contributed by atoms with E-state index in [1.807, 2.05) is 0 Å². The zero-order valence-corrected chi connectivity index (χ0v) is 11.2. The van der Waals surface area contributed by atoms with E-state index in [0.29, 0.717) is 35.9 Å². The maximum atomic E-state index is 11.7. The number of hydrogen-bond acceptors (Lipinski definition) is 3. The predicted molar refractivity (Wildman–Crippen MR) is 75.3 cm³/mol. The van der Waals surface area contributed by atoms with E-state index in [4.69, 9.17) is 17.3 Å². The number of nitrogens with two attached hydrogens (primary N) is 1. The van der Waals surface area contributed by atoms with Crippen LogP contribution in [0, 0.1) is 0 Å². The second kappa shape index (κ2) is 6.04. The molecule has 1 saturated heterocycles. The van der Waals surface area contributed by atoms with Gasteiger partial charge in [0.15, 0.2) is 0 Å². The quantitative estimate of drug-likeness (QED) is 0.883. The van der Waals surface area contributed by atoms with Crippen molar-refractivity contribution in [1.82, 2.24) is 0 Å². The highest BCUT2D eigenvalue weighted by atomic mass is 35.5. The fraction of sp³-hybridized carbons (Fsp3) is 0.385. The number of halogens is 1. The summed E-state index contributed by atoms with van der Waals surface area (Å²) in [4.78, 5) is 24.8. The molecule has 0 atom stereocenters. The van der Waals surface area contributed by atoms with Crippen molar-refractivity contribution in [1.29, 1.82) is 0 Å². The summed E-state index contributed by atoms with van der Waals surface area (Å²) >= 11 is 6.17. The molecular weight excluding hydrogens is 266 g/mol. The molecule has 5 nitrogen and oxygen atoms in total. The van der Waals surface area contributed by atoms with E-state index < -0.39 is 0 Å². The van der Waals surface area contributed by atoms with Gasteiger partial charge in [0, 0.05) is 31.6 Å². The predicted octanol–water partition coefficient (Wildman–Crippen LogP) is 1.75. The molecule has 1 fully saturated rings. The van der Waals surface area contributed by atoms with E-state index in [1.54, 1.807) is 23.1 Å². The number of rotatable bonds is 4. The minimum atomic E-state index is -0.149. The van der Waals surface area contributed by atoms with E-state index in [9.17, 15) is 9.59 Å². The molecule has 1 aromatic rings.